The van der Waals surface area contributed by atoms with Gasteiger partial charge >= 0.3 is 5.97 Å². The average Bonchev–Trinajstić information content (AvgIpc) is 1.38. The number of rotatable bonds is 1. The second kappa shape index (κ2) is 23.4. The maximum atomic E-state index is 9.24. The van der Waals surface area contributed by atoms with E-state index in [-0.39, 0.29) is 51.5 Å². The van der Waals surface area contributed by atoms with Gasteiger partial charge in [0.15, 0.2) is 0 Å². The third-order valence-electron chi connectivity index (χ3n) is 0.114. The van der Waals surface area contributed by atoms with Crippen molar-refractivity contribution in [3.63, 3.8) is 0 Å². The Hall–Kier alpha value is 0.695. The molecule has 57 valence electrons. The molecule has 0 aliphatic carbocycles. The van der Waals surface area contributed by atoms with Gasteiger partial charge in [-0.05, 0) is 0 Å². The van der Waals surface area contributed by atoms with Gasteiger partial charge in [0.2, 0.25) is 0 Å². The summed E-state index contributed by atoms with van der Waals surface area (Å²) in [5, 5.41) is 7.59. The first-order valence-corrected chi connectivity index (χ1v) is 1.58. The quantitative estimate of drug-likeness (QED) is 0.526. The lowest BCUT2D eigenvalue weighted by molar-refractivity contribution is -0.134. The normalized spacial score (nSPS) is 4.11. The van der Waals surface area contributed by atoms with E-state index >= 15 is 0 Å². The first-order valence-electron chi connectivity index (χ1n) is 1.05. The van der Waals surface area contributed by atoms with Crippen LogP contribution in [-0.2, 0) is 4.79 Å². The van der Waals surface area contributed by atoms with Crippen molar-refractivity contribution >= 4 is 63.2 Å². The van der Waals surface area contributed by atoms with Gasteiger partial charge < -0.3 is 5.11 Å². The molecule has 0 aliphatic heterocycles. The smallest absolute Gasteiger partial charge is 0.318 e. The van der Waals surface area contributed by atoms with E-state index < -0.39 is 5.97 Å². The molecule has 7 heteroatoms. The lowest BCUT2D eigenvalue weighted by Crippen LogP contribution is -1.92. The fraction of sp³-hybridized carbons (Fsp3) is 0.500. The van der Waals surface area contributed by atoms with Crippen molar-refractivity contribution in [1.29, 1.82) is 0 Å². The fourth-order valence-electron chi connectivity index (χ4n) is 0. The van der Waals surface area contributed by atoms with Gasteiger partial charge in [0, 0.05) is 8.41 Å². The molecule has 9 heavy (non-hydrogen) atoms. The summed E-state index contributed by atoms with van der Waals surface area (Å²) in [5.74, 6) is -1.29. The summed E-state index contributed by atoms with van der Waals surface area (Å²) in [6, 6.07) is 0. The van der Waals surface area contributed by atoms with Crippen molar-refractivity contribution in [1.82, 2.24) is 0 Å². The summed E-state index contributed by atoms with van der Waals surface area (Å²) in [4.78, 5) is 9.24. The summed E-state index contributed by atoms with van der Waals surface area (Å²) >= 11 is 4.74. The molecule has 3 radical (unpaired) electrons. The molecule has 0 atom stereocenters. The van der Waals surface area contributed by atoms with Gasteiger partial charge in [0.05, 0.1) is 0 Å². The van der Waals surface area contributed by atoms with Crippen LogP contribution in [0.15, 0.2) is 0 Å². The van der Waals surface area contributed by atoms with E-state index in [1.54, 1.807) is 0 Å². The predicted octanol–water partition coefficient (Wildman–Crippen LogP) is 1.19. The molecule has 0 aromatic heterocycles. The van der Waals surface area contributed by atoms with E-state index in [4.69, 9.17) is 16.7 Å². The summed E-state index contributed by atoms with van der Waals surface area (Å²) < 4.78 is 0. The molecule has 0 aromatic carbocycles. The van der Waals surface area contributed by atoms with Crippen molar-refractivity contribution in [3.8, 4) is 0 Å². The summed E-state index contributed by atoms with van der Waals surface area (Å²) in [7, 11) is 0. The molecular weight excluding hydrogens is 209 g/mol. The Bertz CT molecular complexity index is 51.8. The van der Waals surface area contributed by atoms with Gasteiger partial charge in [-0.3, -0.25) is 4.79 Å². The van der Waals surface area contributed by atoms with Gasteiger partial charge in [-0.1, -0.05) is 0 Å². The van der Waals surface area contributed by atoms with E-state index in [0.29, 0.717) is 0 Å². The van der Waals surface area contributed by atoms with Crippen LogP contribution < -0.4 is 0 Å². The summed E-state index contributed by atoms with van der Waals surface area (Å²) in [6.45, 7) is 0. The molecule has 0 fully saturated rings. The number of hydrogen-bond acceptors (Lipinski definition) is 1. The minimum Gasteiger partial charge on any atom is -0.480 e. The van der Waals surface area contributed by atoms with Crippen LogP contribution in [0.25, 0.3) is 0 Å². The van der Waals surface area contributed by atoms with Crippen molar-refractivity contribution in [2.75, 3.05) is 5.88 Å². The van der Waals surface area contributed by atoms with Crippen molar-refractivity contribution in [3.05, 3.63) is 0 Å². The van der Waals surface area contributed by atoms with Gasteiger partial charge in [-0.15, -0.1) is 48.8 Å². The highest BCUT2D eigenvalue weighted by Crippen LogP contribution is 1.67. The first-order chi connectivity index (χ1) is 2.27. The van der Waals surface area contributed by atoms with Crippen LogP contribution in [0.2, 0.25) is 0 Å². The molecule has 1 N–H and O–H groups in total. The molecule has 0 unspecified atom stereocenters. The average molecular weight is 215 g/mol. The minimum absolute atomic E-state index is 0. The zero-order valence-electron chi connectivity index (χ0n) is 4.24. The van der Waals surface area contributed by atoms with Crippen LogP contribution in [0.1, 0.15) is 0 Å². The molecule has 2 nitrogen and oxygen atoms in total. The third-order valence-corrected chi connectivity index (χ3v) is 0.343. The SMILES string of the molecule is Cl.Cl.Cl.O=C(O)CCl.[B]. The Labute approximate surface area is 79.1 Å². The Morgan fingerprint density at radius 1 is 1.33 bits per heavy atom. The molecule has 0 saturated heterocycles. The van der Waals surface area contributed by atoms with Crippen LogP contribution in [0.3, 0.4) is 0 Å². The molecule has 0 saturated carbocycles. The lowest BCUT2D eigenvalue weighted by Gasteiger charge is -1.69. The molecule has 0 heterocycles. The highest BCUT2D eigenvalue weighted by molar-refractivity contribution is 6.26. The highest BCUT2D eigenvalue weighted by Gasteiger charge is 1.83. The Balaban J connectivity index is -0.0000000133. The minimum atomic E-state index is -0.980. The van der Waals surface area contributed by atoms with Crippen LogP contribution in [0, 0.1) is 0 Å². The van der Waals surface area contributed by atoms with Gasteiger partial charge in [-0.2, -0.15) is 0 Å². The van der Waals surface area contributed by atoms with Gasteiger partial charge in [-0.25, -0.2) is 0 Å². The second-order valence-corrected chi connectivity index (χ2v) is 0.795. The molecule has 0 aromatic rings. The number of hydrogen-bond donors (Lipinski definition) is 1. The molecule has 0 spiro atoms. The zero-order valence-corrected chi connectivity index (χ0v) is 7.45. The van der Waals surface area contributed by atoms with Crippen LogP contribution in [0.4, 0.5) is 0 Å². The highest BCUT2D eigenvalue weighted by atomic mass is 35.5. The summed E-state index contributed by atoms with van der Waals surface area (Å²) in [5.41, 5.74) is 0. The van der Waals surface area contributed by atoms with E-state index in [1.807, 2.05) is 0 Å². The molecule has 0 amide bonds. The number of carboxylic acids is 1. The maximum absolute atomic E-state index is 9.24. The molecule has 0 bridgehead atoms. The number of alkyl halides is 1. The lowest BCUT2D eigenvalue weighted by atomic mass is 10.8. The number of carbonyl (C=O) groups is 1. The third kappa shape index (κ3) is 53.7. The van der Waals surface area contributed by atoms with Crippen molar-refractivity contribution in [2.24, 2.45) is 0 Å². The topological polar surface area (TPSA) is 37.3 Å². The van der Waals surface area contributed by atoms with E-state index in [0.717, 1.165) is 0 Å². The van der Waals surface area contributed by atoms with Crippen molar-refractivity contribution in [2.45, 2.75) is 0 Å². The Morgan fingerprint density at radius 2 is 1.44 bits per heavy atom. The first kappa shape index (κ1) is 33.3. The van der Waals surface area contributed by atoms with E-state index in [1.165, 1.54) is 0 Å². The fourth-order valence-corrected chi connectivity index (χ4v) is 0. The molecule has 0 aliphatic rings. The standard InChI is InChI=1S/C2H3ClO2.B.3ClH/c3-1-2(4)5;;;;/h1H2,(H,4,5);;3*1H. The number of carboxylic acid groups (broad SMARTS) is 1. The van der Waals surface area contributed by atoms with Crippen LogP contribution in [-0.4, -0.2) is 25.4 Å². The monoisotopic (exact) mass is 213 g/mol. The van der Waals surface area contributed by atoms with E-state index in [9.17, 15) is 4.79 Å². The summed E-state index contributed by atoms with van der Waals surface area (Å²) in [6.07, 6.45) is 0. The predicted molar refractivity (Wildman–Crippen MR) is 45.9 cm³/mol. The van der Waals surface area contributed by atoms with Crippen LogP contribution >= 0.6 is 48.8 Å². The van der Waals surface area contributed by atoms with Crippen LogP contribution in [0.5, 0.6) is 0 Å². The van der Waals surface area contributed by atoms with Gasteiger partial charge in [0.25, 0.3) is 0 Å². The van der Waals surface area contributed by atoms with Gasteiger partial charge in [0.1, 0.15) is 5.88 Å². The molecule has 0 rings (SSSR count). The van der Waals surface area contributed by atoms with Crippen molar-refractivity contribution < 1.29 is 9.90 Å². The number of halogens is 4. The maximum Gasteiger partial charge on any atom is 0.318 e. The number of aliphatic carboxylic acids is 1. The largest absolute Gasteiger partial charge is 0.480 e. The Kier molecular flexibility index (Phi) is 86.3. The van der Waals surface area contributed by atoms with E-state index in [2.05, 4.69) is 0 Å². The zero-order chi connectivity index (χ0) is 4.28. The molecular formula is C2H6BCl4O2. The second-order valence-electron chi connectivity index (χ2n) is 0.527. The Morgan fingerprint density at radius 3 is 1.44 bits per heavy atom.